The van der Waals surface area contributed by atoms with Gasteiger partial charge in [0.2, 0.25) is 0 Å². The van der Waals surface area contributed by atoms with Crippen LogP contribution in [0.25, 0.3) is 0 Å². The number of amides is 2. The zero-order valence-electron chi connectivity index (χ0n) is 11.7. The highest BCUT2D eigenvalue weighted by Crippen LogP contribution is 2.38. The summed E-state index contributed by atoms with van der Waals surface area (Å²) in [5.41, 5.74) is 0.169. The Hall–Kier alpha value is -1.59. The van der Waals surface area contributed by atoms with Gasteiger partial charge in [-0.25, -0.2) is 0 Å². The molecule has 0 fully saturated rings. The Labute approximate surface area is 150 Å². The summed E-state index contributed by atoms with van der Waals surface area (Å²) in [6, 6.07) is 2.13. The Balaban J connectivity index is 2.24. The molecule has 0 spiro atoms. The van der Waals surface area contributed by atoms with Crippen LogP contribution in [0.15, 0.2) is 32.9 Å². The van der Waals surface area contributed by atoms with Crippen LogP contribution in [-0.4, -0.2) is 41.3 Å². The first-order valence-corrected chi connectivity index (χ1v) is 7.91. The minimum Gasteiger partial charge on any atom is -0.406 e. The lowest BCUT2D eigenvalue weighted by molar-refractivity contribution is -0.274. The lowest BCUT2D eigenvalue weighted by Crippen LogP contribution is -2.34. The molecule has 1 heterocycles. The number of aliphatic hydroxyl groups excluding tert-OH is 1. The van der Waals surface area contributed by atoms with Crippen LogP contribution in [-0.2, 0) is 9.59 Å². The maximum atomic E-state index is 12.3. The lowest BCUT2D eigenvalue weighted by atomic mass is 10.3. The van der Waals surface area contributed by atoms with Gasteiger partial charge in [0.25, 0.3) is 11.8 Å². The number of ether oxygens (including phenoxy) is 1. The number of rotatable bonds is 5. The summed E-state index contributed by atoms with van der Waals surface area (Å²) in [5, 5.41) is 11.5. The number of aliphatic hydroxyl groups is 1. The summed E-state index contributed by atoms with van der Waals surface area (Å²) in [6.45, 7) is -0.532. The Morgan fingerprint density at radius 1 is 1.21 bits per heavy atom. The van der Waals surface area contributed by atoms with E-state index >= 15 is 0 Å². The Morgan fingerprint density at radius 2 is 1.79 bits per heavy atom. The molecule has 24 heavy (non-hydrogen) atoms. The van der Waals surface area contributed by atoms with Crippen molar-refractivity contribution in [3.8, 4) is 5.75 Å². The first-order chi connectivity index (χ1) is 11.1. The molecular weight excluding hydrogens is 465 g/mol. The number of hydrogen-bond acceptors (Lipinski definition) is 5. The van der Waals surface area contributed by atoms with Gasteiger partial charge in [0.1, 0.15) is 11.4 Å². The molecule has 2 amide bonds. The van der Waals surface area contributed by atoms with Gasteiger partial charge in [0.05, 0.1) is 18.8 Å². The van der Waals surface area contributed by atoms with Crippen LogP contribution in [0.5, 0.6) is 5.75 Å². The molecule has 0 saturated heterocycles. The summed E-state index contributed by atoms with van der Waals surface area (Å²) in [6.07, 6.45) is -3.80. The van der Waals surface area contributed by atoms with Crippen LogP contribution in [0, 0.1) is 0 Å². The van der Waals surface area contributed by atoms with Crippen LogP contribution < -0.4 is 10.1 Å². The van der Waals surface area contributed by atoms with Crippen molar-refractivity contribution in [2.24, 2.45) is 0 Å². The summed E-state index contributed by atoms with van der Waals surface area (Å²) in [5.74, 6) is -1.71. The van der Waals surface area contributed by atoms with E-state index in [4.69, 9.17) is 5.11 Å². The molecule has 0 bridgehead atoms. The smallest absolute Gasteiger partial charge is 0.406 e. The number of β-amino-alcohol motifs (C(OH)–C–C–N with tert-alkyl or cyclic N) is 1. The molecule has 2 rings (SSSR count). The zero-order chi connectivity index (χ0) is 18.1. The molecule has 1 aromatic rings. The fraction of sp³-hybridized carbons (Fsp3) is 0.231. The van der Waals surface area contributed by atoms with Crippen LogP contribution in [0.4, 0.5) is 18.9 Å². The van der Waals surface area contributed by atoms with Crippen molar-refractivity contribution >= 4 is 49.4 Å². The van der Waals surface area contributed by atoms with Gasteiger partial charge in [-0.05, 0) is 44.0 Å². The van der Waals surface area contributed by atoms with Crippen molar-refractivity contribution in [3.63, 3.8) is 0 Å². The largest absolute Gasteiger partial charge is 0.573 e. The number of anilines is 1. The molecule has 6 nitrogen and oxygen atoms in total. The van der Waals surface area contributed by atoms with Crippen molar-refractivity contribution < 1.29 is 32.6 Å². The van der Waals surface area contributed by atoms with E-state index in [-0.39, 0.29) is 33.5 Å². The fourth-order valence-corrected chi connectivity index (χ4v) is 3.25. The third kappa shape index (κ3) is 4.28. The highest BCUT2D eigenvalue weighted by atomic mass is 79.9. The van der Waals surface area contributed by atoms with Gasteiger partial charge in [-0.2, -0.15) is 0 Å². The van der Waals surface area contributed by atoms with Gasteiger partial charge < -0.3 is 15.2 Å². The molecule has 0 unspecified atom stereocenters. The van der Waals surface area contributed by atoms with E-state index < -0.39 is 23.9 Å². The van der Waals surface area contributed by atoms with Crippen molar-refractivity contribution in [3.05, 3.63) is 32.9 Å². The zero-order valence-corrected chi connectivity index (χ0v) is 14.8. The maximum Gasteiger partial charge on any atom is 0.573 e. The summed E-state index contributed by atoms with van der Waals surface area (Å²) in [7, 11) is 0. The molecule has 0 radical (unpaired) electrons. The van der Waals surface area contributed by atoms with Crippen LogP contribution >= 0.6 is 31.9 Å². The number of nitrogens with one attached hydrogen (secondary N) is 1. The van der Waals surface area contributed by atoms with Crippen LogP contribution in [0.2, 0.25) is 0 Å². The molecule has 1 aliphatic rings. The standard InChI is InChI=1S/C13H9Br2F3N2O4/c14-7-3-6(24-13(16,17)18)4-8(15)11(7)19-9-5-10(22)20(1-2-21)12(9)23/h3-5,19,21H,1-2H2. The number of nitrogens with zero attached hydrogens (tertiary/aromatic N) is 1. The van der Waals surface area contributed by atoms with E-state index in [0.717, 1.165) is 23.1 Å². The molecule has 0 aromatic heterocycles. The van der Waals surface area contributed by atoms with Gasteiger partial charge in [0.15, 0.2) is 0 Å². The predicted molar refractivity (Wildman–Crippen MR) is 84.0 cm³/mol. The monoisotopic (exact) mass is 472 g/mol. The first kappa shape index (κ1) is 18.7. The molecule has 1 aliphatic heterocycles. The van der Waals surface area contributed by atoms with Crippen LogP contribution in [0.3, 0.4) is 0 Å². The predicted octanol–water partition coefficient (Wildman–Crippen LogP) is 2.77. The van der Waals surface area contributed by atoms with E-state index in [1.165, 1.54) is 0 Å². The van der Waals surface area contributed by atoms with E-state index in [1.807, 2.05) is 0 Å². The van der Waals surface area contributed by atoms with Gasteiger partial charge in [-0.15, -0.1) is 13.2 Å². The molecule has 0 aliphatic carbocycles. The maximum absolute atomic E-state index is 12.3. The summed E-state index contributed by atoms with van der Waals surface area (Å²) >= 11 is 6.15. The van der Waals surface area contributed by atoms with Crippen LogP contribution in [0.1, 0.15) is 0 Å². The van der Waals surface area contributed by atoms with E-state index in [9.17, 15) is 22.8 Å². The number of benzene rings is 1. The number of carbonyl (C=O) groups is 2. The number of halogens is 5. The quantitative estimate of drug-likeness (QED) is 0.643. The normalized spacial score (nSPS) is 14.9. The molecule has 0 atom stereocenters. The van der Waals surface area contributed by atoms with Crippen molar-refractivity contribution in [2.45, 2.75) is 6.36 Å². The molecule has 2 N–H and O–H groups in total. The molecular formula is C13H9Br2F3N2O4. The second-order valence-electron chi connectivity index (χ2n) is 4.51. The Morgan fingerprint density at radius 3 is 2.29 bits per heavy atom. The molecule has 130 valence electrons. The number of carbonyl (C=O) groups excluding carboxylic acids is 2. The lowest BCUT2D eigenvalue weighted by Gasteiger charge is -2.16. The highest BCUT2D eigenvalue weighted by Gasteiger charge is 2.33. The second-order valence-corrected chi connectivity index (χ2v) is 6.22. The summed E-state index contributed by atoms with van der Waals surface area (Å²) in [4.78, 5) is 24.6. The molecule has 11 heteroatoms. The van der Waals surface area contributed by atoms with E-state index in [1.54, 1.807) is 0 Å². The highest BCUT2D eigenvalue weighted by molar-refractivity contribution is 9.11. The third-order valence-electron chi connectivity index (χ3n) is 2.84. The average molecular weight is 474 g/mol. The van der Waals surface area contributed by atoms with Crippen molar-refractivity contribution in [1.29, 1.82) is 0 Å². The third-order valence-corrected chi connectivity index (χ3v) is 4.09. The topological polar surface area (TPSA) is 78.9 Å². The Bertz CT molecular complexity index is 699. The second kappa shape index (κ2) is 7.11. The van der Waals surface area contributed by atoms with E-state index in [2.05, 4.69) is 41.9 Å². The molecule has 0 saturated carbocycles. The SMILES string of the molecule is O=C1C=C(Nc2c(Br)cc(OC(F)(F)F)cc2Br)C(=O)N1CCO. The fourth-order valence-electron chi connectivity index (χ4n) is 1.91. The van der Waals surface area contributed by atoms with Gasteiger partial charge in [-0.1, -0.05) is 0 Å². The van der Waals surface area contributed by atoms with E-state index in [0.29, 0.717) is 0 Å². The average Bonchev–Trinajstić information content (AvgIpc) is 2.69. The van der Waals surface area contributed by atoms with Gasteiger partial charge in [0, 0.05) is 15.0 Å². The van der Waals surface area contributed by atoms with Gasteiger partial charge >= 0.3 is 6.36 Å². The van der Waals surface area contributed by atoms with Crippen molar-refractivity contribution in [1.82, 2.24) is 4.90 Å². The van der Waals surface area contributed by atoms with Gasteiger partial charge in [-0.3, -0.25) is 14.5 Å². The van der Waals surface area contributed by atoms with Crippen molar-refractivity contribution in [2.75, 3.05) is 18.5 Å². The summed E-state index contributed by atoms with van der Waals surface area (Å²) < 4.78 is 40.9. The molecule has 1 aromatic carbocycles. The minimum atomic E-state index is -4.84. The Kier molecular flexibility index (Phi) is 5.56. The number of imide groups is 1. The first-order valence-electron chi connectivity index (χ1n) is 6.32. The number of hydrogen-bond donors (Lipinski definition) is 2. The minimum absolute atomic E-state index is 0.0701. The number of alkyl halides is 3.